The third-order valence-corrected chi connectivity index (χ3v) is 4.95. The van der Waals surface area contributed by atoms with Crippen molar-refractivity contribution in [2.24, 2.45) is 10.4 Å². The first kappa shape index (κ1) is 17.8. The van der Waals surface area contributed by atoms with Crippen LogP contribution in [0.25, 0.3) is 10.9 Å². The maximum absolute atomic E-state index is 9.31. The van der Waals surface area contributed by atoms with Crippen LogP contribution < -0.4 is 10.6 Å². The Balaban J connectivity index is 1.47. The minimum atomic E-state index is 0.0174. The molecule has 0 saturated carbocycles. The van der Waals surface area contributed by atoms with Crippen molar-refractivity contribution in [2.45, 2.75) is 19.3 Å². The molecule has 0 amide bonds. The first-order chi connectivity index (χ1) is 12.2. The highest BCUT2D eigenvalue weighted by atomic mass is 16.5. The Morgan fingerprint density at radius 3 is 2.96 bits per heavy atom. The molecule has 25 heavy (non-hydrogen) atoms. The number of nitrogens with zero attached hydrogens (tertiary/aromatic N) is 1. The minimum absolute atomic E-state index is 0.0174. The molecule has 0 radical (unpaired) electrons. The number of aliphatic hydroxyl groups excluding tert-OH is 1. The van der Waals surface area contributed by atoms with Gasteiger partial charge in [-0.2, -0.15) is 0 Å². The minimum Gasteiger partial charge on any atom is -0.396 e. The predicted octanol–water partition coefficient (Wildman–Crippen LogP) is 1.66. The molecular formula is C19H28N4O2. The fraction of sp³-hybridized carbons (Fsp3) is 0.526. The van der Waals surface area contributed by atoms with Crippen molar-refractivity contribution in [1.29, 1.82) is 0 Å². The van der Waals surface area contributed by atoms with Gasteiger partial charge < -0.3 is 25.5 Å². The molecule has 1 aromatic carbocycles. The van der Waals surface area contributed by atoms with Crippen LogP contribution in [-0.2, 0) is 11.2 Å². The summed E-state index contributed by atoms with van der Waals surface area (Å²) in [7, 11) is 1.78. The van der Waals surface area contributed by atoms with Crippen LogP contribution in [0.5, 0.6) is 0 Å². The Hall–Kier alpha value is -2.05. The lowest BCUT2D eigenvalue weighted by Crippen LogP contribution is -2.45. The summed E-state index contributed by atoms with van der Waals surface area (Å²) in [4.78, 5) is 7.74. The second kappa shape index (κ2) is 8.36. The number of benzene rings is 1. The molecule has 1 aromatic heterocycles. The molecule has 3 rings (SSSR count). The van der Waals surface area contributed by atoms with Gasteiger partial charge in [0.1, 0.15) is 0 Å². The molecule has 1 saturated heterocycles. The highest BCUT2D eigenvalue weighted by Crippen LogP contribution is 2.31. The zero-order chi connectivity index (χ0) is 17.5. The number of para-hydroxylation sites is 1. The van der Waals surface area contributed by atoms with E-state index in [1.54, 1.807) is 7.05 Å². The highest BCUT2D eigenvalue weighted by molar-refractivity contribution is 5.81. The van der Waals surface area contributed by atoms with Crippen LogP contribution in [0.3, 0.4) is 0 Å². The van der Waals surface area contributed by atoms with Gasteiger partial charge in [-0.15, -0.1) is 0 Å². The van der Waals surface area contributed by atoms with Gasteiger partial charge in [-0.1, -0.05) is 18.2 Å². The number of hydrogen-bond acceptors (Lipinski definition) is 3. The number of aromatic nitrogens is 1. The largest absolute Gasteiger partial charge is 0.396 e. The van der Waals surface area contributed by atoms with Crippen molar-refractivity contribution in [3.8, 4) is 0 Å². The van der Waals surface area contributed by atoms with Crippen LogP contribution in [-0.4, -0.2) is 56.0 Å². The van der Waals surface area contributed by atoms with Gasteiger partial charge in [0, 0.05) is 56.4 Å². The van der Waals surface area contributed by atoms with Gasteiger partial charge in [0.05, 0.1) is 6.61 Å². The summed E-state index contributed by atoms with van der Waals surface area (Å²) in [5, 5.41) is 17.3. The maximum Gasteiger partial charge on any atom is 0.191 e. The second-order valence-electron chi connectivity index (χ2n) is 6.76. The van der Waals surface area contributed by atoms with E-state index in [0.717, 1.165) is 44.9 Å². The molecule has 1 atom stereocenters. The number of aliphatic hydroxyl groups is 1. The van der Waals surface area contributed by atoms with E-state index in [2.05, 4.69) is 44.9 Å². The van der Waals surface area contributed by atoms with E-state index in [1.165, 1.54) is 16.6 Å². The van der Waals surface area contributed by atoms with Crippen LogP contribution in [0.4, 0.5) is 0 Å². The molecule has 136 valence electrons. The molecule has 2 aromatic rings. The van der Waals surface area contributed by atoms with Crippen LogP contribution in [0.15, 0.2) is 35.3 Å². The van der Waals surface area contributed by atoms with Gasteiger partial charge >= 0.3 is 0 Å². The quantitative estimate of drug-likeness (QED) is 0.455. The fourth-order valence-corrected chi connectivity index (χ4v) is 3.39. The lowest BCUT2D eigenvalue weighted by molar-refractivity contribution is 0.127. The van der Waals surface area contributed by atoms with E-state index in [1.807, 2.05) is 6.07 Å². The van der Waals surface area contributed by atoms with Gasteiger partial charge in [-0.3, -0.25) is 4.99 Å². The zero-order valence-corrected chi connectivity index (χ0v) is 14.8. The molecule has 6 nitrogen and oxygen atoms in total. The number of ether oxygens (including phenoxy) is 1. The molecular weight excluding hydrogens is 316 g/mol. The molecule has 1 aliphatic rings. The van der Waals surface area contributed by atoms with Crippen LogP contribution in [0, 0.1) is 5.41 Å². The van der Waals surface area contributed by atoms with Gasteiger partial charge in [0.25, 0.3) is 0 Å². The smallest absolute Gasteiger partial charge is 0.191 e. The van der Waals surface area contributed by atoms with Crippen LogP contribution in [0.2, 0.25) is 0 Å². The summed E-state index contributed by atoms with van der Waals surface area (Å²) in [6.45, 7) is 3.23. The molecule has 1 unspecified atom stereocenters. The Morgan fingerprint density at radius 2 is 2.24 bits per heavy atom. The van der Waals surface area contributed by atoms with Gasteiger partial charge in [0.2, 0.25) is 0 Å². The van der Waals surface area contributed by atoms with E-state index in [0.29, 0.717) is 6.61 Å². The van der Waals surface area contributed by atoms with Crippen LogP contribution >= 0.6 is 0 Å². The molecule has 0 aliphatic carbocycles. The standard InChI is InChI=1S/C19H28N4O2/c1-20-18(22-13-19(7-10-24)8-11-25-14-19)21-9-6-16-12-15-4-2-3-5-17(15)23-16/h2-5,12,23-24H,6-11,13-14H2,1H3,(H2,20,21,22). The highest BCUT2D eigenvalue weighted by Gasteiger charge is 2.34. The average molecular weight is 344 g/mol. The summed E-state index contributed by atoms with van der Waals surface area (Å²) in [6.07, 6.45) is 2.64. The molecule has 0 spiro atoms. The van der Waals surface area contributed by atoms with Crippen molar-refractivity contribution in [2.75, 3.05) is 40.0 Å². The number of nitrogens with one attached hydrogen (secondary N) is 3. The van der Waals surface area contributed by atoms with Crippen molar-refractivity contribution in [3.05, 3.63) is 36.0 Å². The zero-order valence-electron chi connectivity index (χ0n) is 14.8. The maximum atomic E-state index is 9.31. The topological polar surface area (TPSA) is 81.7 Å². The van der Waals surface area contributed by atoms with Crippen LogP contribution in [0.1, 0.15) is 18.5 Å². The number of hydrogen-bond donors (Lipinski definition) is 4. The van der Waals surface area contributed by atoms with Crippen molar-refractivity contribution in [1.82, 2.24) is 15.6 Å². The average Bonchev–Trinajstić information content (AvgIpc) is 3.25. The third-order valence-electron chi connectivity index (χ3n) is 4.95. The fourth-order valence-electron chi connectivity index (χ4n) is 3.39. The van der Waals surface area contributed by atoms with E-state index < -0.39 is 0 Å². The Kier molecular flexibility index (Phi) is 5.94. The summed E-state index contributed by atoms with van der Waals surface area (Å²) in [6, 6.07) is 10.5. The summed E-state index contributed by atoms with van der Waals surface area (Å²) >= 11 is 0. The summed E-state index contributed by atoms with van der Waals surface area (Å²) in [5.41, 5.74) is 2.40. The molecule has 1 aliphatic heterocycles. The van der Waals surface area contributed by atoms with E-state index in [4.69, 9.17) is 4.74 Å². The Morgan fingerprint density at radius 1 is 1.36 bits per heavy atom. The third kappa shape index (κ3) is 4.52. The molecule has 4 N–H and O–H groups in total. The van der Waals surface area contributed by atoms with Gasteiger partial charge in [-0.05, 0) is 30.4 Å². The molecule has 6 heteroatoms. The lowest BCUT2D eigenvalue weighted by Gasteiger charge is -2.27. The SMILES string of the molecule is CN=C(NCCc1cc2ccccc2[nH]1)NCC1(CCO)CCOC1. The van der Waals surface area contributed by atoms with Gasteiger partial charge in [-0.25, -0.2) is 0 Å². The van der Waals surface area contributed by atoms with Crippen molar-refractivity contribution >= 4 is 16.9 Å². The molecule has 1 fully saturated rings. The number of fused-ring (bicyclic) bond motifs is 1. The Labute approximate surface area is 148 Å². The molecule has 0 bridgehead atoms. The lowest BCUT2D eigenvalue weighted by atomic mass is 9.84. The van der Waals surface area contributed by atoms with Crippen molar-refractivity contribution < 1.29 is 9.84 Å². The van der Waals surface area contributed by atoms with E-state index >= 15 is 0 Å². The first-order valence-corrected chi connectivity index (χ1v) is 8.94. The predicted molar refractivity (Wildman–Crippen MR) is 101 cm³/mol. The monoisotopic (exact) mass is 344 g/mol. The normalized spacial score (nSPS) is 21.0. The summed E-state index contributed by atoms with van der Waals surface area (Å²) in [5.74, 6) is 0.792. The van der Waals surface area contributed by atoms with E-state index in [9.17, 15) is 5.11 Å². The first-order valence-electron chi connectivity index (χ1n) is 8.94. The number of guanidine groups is 1. The summed E-state index contributed by atoms with van der Waals surface area (Å²) < 4.78 is 5.53. The second-order valence-corrected chi connectivity index (χ2v) is 6.76. The number of aromatic amines is 1. The van der Waals surface area contributed by atoms with E-state index in [-0.39, 0.29) is 12.0 Å². The van der Waals surface area contributed by atoms with Crippen molar-refractivity contribution in [3.63, 3.8) is 0 Å². The number of H-pyrrole nitrogens is 1. The molecule has 2 heterocycles. The number of aliphatic imine (C=N–C) groups is 1. The Bertz CT molecular complexity index is 671. The number of rotatable bonds is 7. The van der Waals surface area contributed by atoms with Gasteiger partial charge in [0.15, 0.2) is 5.96 Å².